The number of hydrogen-bond donors (Lipinski definition) is 1. The van der Waals surface area contributed by atoms with E-state index in [4.69, 9.17) is 5.11 Å². The molecule has 1 aromatic carbocycles. The number of carbonyl (C=O) groups excluding carboxylic acids is 1. The van der Waals surface area contributed by atoms with Gasteiger partial charge in [-0.3, -0.25) is 19.8 Å². The van der Waals surface area contributed by atoms with Crippen molar-refractivity contribution in [3.8, 4) is 0 Å². The fourth-order valence-corrected chi connectivity index (χ4v) is 2.98. The minimum atomic E-state index is -0.416. The zero-order valence-electron chi connectivity index (χ0n) is 12.3. The summed E-state index contributed by atoms with van der Waals surface area (Å²) in [5.74, 6) is -0.00652. The first-order chi connectivity index (χ1) is 10.6. The molecule has 0 radical (unpaired) electrons. The maximum Gasteiger partial charge on any atom is 0.269 e. The molecule has 118 valence electrons. The Morgan fingerprint density at radius 1 is 1.45 bits per heavy atom. The van der Waals surface area contributed by atoms with Crippen LogP contribution in [0.4, 0.5) is 11.4 Å². The predicted molar refractivity (Wildman–Crippen MR) is 80.8 cm³/mol. The lowest BCUT2D eigenvalue weighted by Gasteiger charge is -2.24. The molecule has 1 N–H and O–H groups in total. The van der Waals surface area contributed by atoms with Gasteiger partial charge in [0, 0.05) is 37.0 Å². The number of non-ortho nitro benzene ring substituents is 1. The van der Waals surface area contributed by atoms with Gasteiger partial charge in [0.15, 0.2) is 0 Å². The normalized spacial score (nSPS) is 16.9. The molecule has 7 nitrogen and oxygen atoms in total. The van der Waals surface area contributed by atoms with Gasteiger partial charge in [-0.05, 0) is 30.9 Å². The number of nitrogens with zero attached hydrogens (tertiary/aromatic N) is 3. The first-order valence-electron chi connectivity index (χ1n) is 7.52. The minimum Gasteiger partial charge on any atom is -0.395 e. The van der Waals surface area contributed by atoms with Crippen LogP contribution in [-0.2, 0) is 11.2 Å². The number of fused-ring (bicyclic) bond motifs is 1. The van der Waals surface area contributed by atoms with Gasteiger partial charge in [0.05, 0.1) is 18.1 Å². The zero-order chi connectivity index (χ0) is 15.7. The van der Waals surface area contributed by atoms with Crippen molar-refractivity contribution in [1.82, 2.24) is 4.90 Å². The summed E-state index contributed by atoms with van der Waals surface area (Å²) in [6.07, 6.45) is 2.80. The van der Waals surface area contributed by atoms with Crippen molar-refractivity contribution in [2.24, 2.45) is 0 Å². The molecule has 0 unspecified atom stereocenters. The van der Waals surface area contributed by atoms with Crippen LogP contribution in [0.5, 0.6) is 0 Å². The first-order valence-corrected chi connectivity index (χ1v) is 7.52. The average Bonchev–Trinajstić information content (AvgIpc) is 3.25. The fourth-order valence-electron chi connectivity index (χ4n) is 2.98. The summed E-state index contributed by atoms with van der Waals surface area (Å²) in [6, 6.07) is 5.06. The molecule has 0 bridgehead atoms. The fraction of sp³-hybridized carbons (Fsp3) is 0.533. The van der Waals surface area contributed by atoms with Gasteiger partial charge >= 0.3 is 0 Å². The SMILES string of the molecule is O=C(CN(CCO)C1CC1)N1CCc2cc([N+](=O)[O-])ccc21. The van der Waals surface area contributed by atoms with Crippen molar-refractivity contribution in [3.05, 3.63) is 33.9 Å². The summed E-state index contributed by atoms with van der Waals surface area (Å²) < 4.78 is 0. The van der Waals surface area contributed by atoms with Gasteiger partial charge < -0.3 is 10.0 Å². The Morgan fingerprint density at radius 3 is 2.86 bits per heavy atom. The monoisotopic (exact) mass is 305 g/mol. The maximum atomic E-state index is 12.5. The van der Waals surface area contributed by atoms with Crippen molar-refractivity contribution >= 4 is 17.3 Å². The van der Waals surface area contributed by atoms with E-state index in [9.17, 15) is 14.9 Å². The second kappa shape index (κ2) is 6.02. The molecule has 0 aromatic heterocycles. The van der Waals surface area contributed by atoms with Gasteiger partial charge in [0.1, 0.15) is 0 Å². The van der Waals surface area contributed by atoms with Crippen molar-refractivity contribution in [1.29, 1.82) is 0 Å². The number of nitro groups is 1. The number of carbonyl (C=O) groups is 1. The van der Waals surface area contributed by atoms with Crippen molar-refractivity contribution in [2.45, 2.75) is 25.3 Å². The summed E-state index contributed by atoms with van der Waals surface area (Å²) in [6.45, 7) is 1.42. The maximum absolute atomic E-state index is 12.5. The van der Waals surface area contributed by atoms with Crippen LogP contribution in [0, 0.1) is 10.1 Å². The van der Waals surface area contributed by atoms with Gasteiger partial charge in [-0.25, -0.2) is 0 Å². The Kier molecular flexibility index (Phi) is 4.08. The molecule has 1 saturated carbocycles. The van der Waals surface area contributed by atoms with E-state index < -0.39 is 4.92 Å². The van der Waals surface area contributed by atoms with E-state index in [0.717, 1.165) is 24.1 Å². The molecular weight excluding hydrogens is 286 g/mol. The molecule has 1 aliphatic heterocycles. The predicted octanol–water partition coefficient (Wildman–Crippen LogP) is 0.941. The minimum absolute atomic E-state index is 0.00652. The molecule has 3 rings (SSSR count). The quantitative estimate of drug-likeness (QED) is 0.624. The zero-order valence-corrected chi connectivity index (χ0v) is 12.3. The number of nitro benzene ring substituents is 1. The summed E-state index contributed by atoms with van der Waals surface area (Å²) >= 11 is 0. The summed E-state index contributed by atoms with van der Waals surface area (Å²) in [5.41, 5.74) is 1.69. The largest absolute Gasteiger partial charge is 0.395 e. The van der Waals surface area contributed by atoms with Crippen LogP contribution < -0.4 is 4.90 Å². The number of hydrogen-bond acceptors (Lipinski definition) is 5. The van der Waals surface area contributed by atoms with Crippen LogP contribution in [0.2, 0.25) is 0 Å². The summed E-state index contributed by atoms with van der Waals surface area (Å²) in [7, 11) is 0. The highest BCUT2D eigenvalue weighted by Crippen LogP contribution is 2.32. The topological polar surface area (TPSA) is 86.9 Å². The van der Waals surface area contributed by atoms with Gasteiger partial charge in [-0.1, -0.05) is 0 Å². The molecule has 1 amide bonds. The molecular formula is C15H19N3O4. The molecule has 2 aliphatic rings. The van der Waals surface area contributed by atoms with E-state index in [2.05, 4.69) is 0 Å². The molecule has 22 heavy (non-hydrogen) atoms. The van der Waals surface area contributed by atoms with Gasteiger partial charge in [0.25, 0.3) is 5.69 Å². The van der Waals surface area contributed by atoms with Gasteiger partial charge in [0.2, 0.25) is 5.91 Å². The van der Waals surface area contributed by atoms with E-state index >= 15 is 0 Å². The molecule has 1 fully saturated rings. The molecule has 1 aromatic rings. The van der Waals surface area contributed by atoms with Crippen LogP contribution in [0.1, 0.15) is 18.4 Å². The van der Waals surface area contributed by atoms with Crippen LogP contribution in [0.25, 0.3) is 0 Å². The third-order valence-corrected chi connectivity index (χ3v) is 4.26. The molecule has 1 heterocycles. The number of aliphatic hydroxyl groups is 1. The smallest absolute Gasteiger partial charge is 0.269 e. The number of aliphatic hydroxyl groups excluding tert-OH is 1. The van der Waals surface area contributed by atoms with E-state index in [1.807, 2.05) is 4.90 Å². The van der Waals surface area contributed by atoms with Crippen molar-refractivity contribution in [3.63, 3.8) is 0 Å². The second-order valence-corrected chi connectivity index (χ2v) is 5.79. The molecule has 1 aliphatic carbocycles. The number of anilines is 1. The summed E-state index contributed by atoms with van der Waals surface area (Å²) in [4.78, 5) is 26.6. The Morgan fingerprint density at radius 2 is 2.23 bits per heavy atom. The lowest BCUT2D eigenvalue weighted by atomic mass is 10.1. The Balaban J connectivity index is 1.72. The standard InChI is InChI=1S/C15H19N3O4/c19-8-7-16(12-1-2-12)10-15(20)17-6-5-11-9-13(18(21)22)3-4-14(11)17/h3-4,9,12,19H,1-2,5-8,10H2. The van der Waals surface area contributed by atoms with Crippen LogP contribution in [0.15, 0.2) is 18.2 Å². The molecule has 7 heteroatoms. The van der Waals surface area contributed by atoms with E-state index in [1.165, 1.54) is 6.07 Å². The highest BCUT2D eigenvalue weighted by atomic mass is 16.6. The molecule has 0 atom stereocenters. The second-order valence-electron chi connectivity index (χ2n) is 5.79. The van der Waals surface area contributed by atoms with E-state index in [1.54, 1.807) is 17.0 Å². The van der Waals surface area contributed by atoms with Crippen molar-refractivity contribution in [2.75, 3.05) is 31.1 Å². The van der Waals surface area contributed by atoms with Crippen LogP contribution in [-0.4, -0.2) is 53.1 Å². The highest BCUT2D eigenvalue weighted by molar-refractivity contribution is 5.97. The first kappa shape index (κ1) is 14.9. The number of amides is 1. The third-order valence-electron chi connectivity index (χ3n) is 4.26. The van der Waals surface area contributed by atoms with Crippen LogP contribution >= 0.6 is 0 Å². The van der Waals surface area contributed by atoms with E-state index in [-0.39, 0.29) is 18.2 Å². The van der Waals surface area contributed by atoms with E-state index in [0.29, 0.717) is 32.1 Å². The van der Waals surface area contributed by atoms with Gasteiger partial charge in [-0.15, -0.1) is 0 Å². The Bertz CT molecular complexity index is 600. The highest BCUT2D eigenvalue weighted by Gasteiger charge is 2.33. The average molecular weight is 305 g/mol. The van der Waals surface area contributed by atoms with Crippen molar-refractivity contribution < 1.29 is 14.8 Å². The lowest BCUT2D eigenvalue weighted by Crippen LogP contribution is -2.41. The summed E-state index contributed by atoms with van der Waals surface area (Å²) in [5, 5.41) is 19.9. The molecule has 0 saturated heterocycles. The third kappa shape index (κ3) is 2.95. The Hall–Kier alpha value is -1.99. The number of benzene rings is 1. The molecule has 0 spiro atoms. The van der Waals surface area contributed by atoms with Gasteiger partial charge in [-0.2, -0.15) is 0 Å². The van der Waals surface area contributed by atoms with Crippen LogP contribution in [0.3, 0.4) is 0 Å². The Labute approximate surface area is 128 Å². The lowest BCUT2D eigenvalue weighted by molar-refractivity contribution is -0.384. The number of rotatable bonds is 6.